The Labute approximate surface area is 125 Å². The molecule has 0 aliphatic heterocycles. The topological polar surface area (TPSA) is 92.5 Å². The number of hydrogen-bond acceptors (Lipinski definition) is 4. The second-order valence-corrected chi connectivity index (χ2v) is 7.71. The van der Waals surface area contributed by atoms with E-state index in [4.69, 9.17) is 5.11 Å². The maximum absolute atomic E-state index is 12.7. The molecule has 0 amide bonds. The number of carboxylic acid groups (broad SMARTS) is 1. The van der Waals surface area contributed by atoms with Gasteiger partial charge in [-0.1, -0.05) is 6.92 Å². The molecule has 0 saturated heterocycles. The second kappa shape index (κ2) is 6.15. The van der Waals surface area contributed by atoms with Gasteiger partial charge in [0.1, 0.15) is 12.4 Å². The fourth-order valence-electron chi connectivity index (χ4n) is 1.99. The summed E-state index contributed by atoms with van der Waals surface area (Å²) >= 11 is 0. The zero-order valence-electron chi connectivity index (χ0n) is 13.1. The first-order valence-electron chi connectivity index (χ1n) is 6.78. The number of hydrogen-bond donors (Lipinski definition) is 1. The first-order chi connectivity index (χ1) is 9.50. The fourth-order valence-corrected chi connectivity index (χ4v) is 3.72. The number of nitrogens with zero attached hydrogens (tertiary/aromatic N) is 3. The SMILES string of the molecule is CCCn1cc(S(=O)(=O)N(CC(=O)O)C(C)(C)C)nc1C. The van der Waals surface area contributed by atoms with Gasteiger partial charge >= 0.3 is 5.97 Å². The van der Waals surface area contributed by atoms with Crippen LogP contribution in [0.1, 0.15) is 39.9 Å². The largest absolute Gasteiger partial charge is 0.480 e. The van der Waals surface area contributed by atoms with Crippen molar-refractivity contribution in [3.05, 3.63) is 12.0 Å². The molecule has 1 aromatic rings. The molecule has 0 spiro atoms. The van der Waals surface area contributed by atoms with Crippen LogP contribution in [0.2, 0.25) is 0 Å². The Balaban J connectivity index is 3.29. The highest BCUT2D eigenvalue weighted by Gasteiger charge is 2.37. The van der Waals surface area contributed by atoms with Crippen LogP contribution in [0.4, 0.5) is 0 Å². The summed E-state index contributed by atoms with van der Waals surface area (Å²) in [6, 6.07) is 0. The third-order valence-electron chi connectivity index (χ3n) is 3.00. The molecule has 0 saturated carbocycles. The van der Waals surface area contributed by atoms with E-state index in [1.54, 1.807) is 32.3 Å². The van der Waals surface area contributed by atoms with Crippen molar-refractivity contribution in [2.45, 2.75) is 58.1 Å². The smallest absolute Gasteiger partial charge is 0.318 e. The van der Waals surface area contributed by atoms with E-state index >= 15 is 0 Å². The van der Waals surface area contributed by atoms with Crippen LogP contribution >= 0.6 is 0 Å². The van der Waals surface area contributed by atoms with Crippen LogP contribution in [0.25, 0.3) is 0 Å². The molecule has 1 heterocycles. The van der Waals surface area contributed by atoms with E-state index in [1.807, 2.05) is 6.92 Å². The summed E-state index contributed by atoms with van der Waals surface area (Å²) in [6.07, 6.45) is 2.32. The summed E-state index contributed by atoms with van der Waals surface area (Å²) in [6.45, 7) is 8.76. The summed E-state index contributed by atoms with van der Waals surface area (Å²) in [7, 11) is -3.95. The Morgan fingerprint density at radius 2 is 2.00 bits per heavy atom. The molecule has 0 fully saturated rings. The van der Waals surface area contributed by atoms with Gasteiger partial charge in [-0.15, -0.1) is 0 Å². The molecule has 0 aromatic carbocycles. The molecule has 0 radical (unpaired) electrons. The standard InChI is InChI=1S/C13H23N3O4S/c1-6-7-15-8-11(14-10(15)2)21(19,20)16(9-12(17)18)13(3,4)5/h8H,6-7,9H2,1-5H3,(H,17,18). The van der Waals surface area contributed by atoms with Gasteiger partial charge in [0.25, 0.3) is 10.0 Å². The van der Waals surface area contributed by atoms with Crippen LogP contribution in [-0.2, 0) is 21.4 Å². The molecule has 21 heavy (non-hydrogen) atoms. The van der Waals surface area contributed by atoms with Crippen LogP contribution in [-0.4, -0.2) is 45.4 Å². The number of aryl methyl sites for hydroxylation is 2. The average Bonchev–Trinajstić information content (AvgIpc) is 2.67. The van der Waals surface area contributed by atoms with Gasteiger partial charge in [-0.3, -0.25) is 4.79 Å². The summed E-state index contributed by atoms with van der Waals surface area (Å²) in [4.78, 5) is 15.1. The number of sulfonamides is 1. The van der Waals surface area contributed by atoms with Gasteiger partial charge in [0.2, 0.25) is 0 Å². The van der Waals surface area contributed by atoms with Crippen molar-refractivity contribution in [2.24, 2.45) is 0 Å². The fraction of sp³-hybridized carbons (Fsp3) is 0.692. The molecule has 0 aliphatic carbocycles. The molecule has 1 N–H and O–H groups in total. The molecule has 1 rings (SSSR count). The van der Waals surface area contributed by atoms with E-state index in [0.717, 1.165) is 10.7 Å². The first kappa shape index (κ1) is 17.6. The summed E-state index contributed by atoms with van der Waals surface area (Å²) in [5.74, 6) is -0.599. The molecule has 8 heteroatoms. The van der Waals surface area contributed by atoms with E-state index in [-0.39, 0.29) is 5.03 Å². The molecular formula is C13H23N3O4S. The van der Waals surface area contributed by atoms with Gasteiger partial charge in [-0.05, 0) is 34.1 Å². The number of aromatic nitrogens is 2. The van der Waals surface area contributed by atoms with Crippen molar-refractivity contribution in [3.8, 4) is 0 Å². The second-order valence-electron chi connectivity index (χ2n) is 5.90. The molecule has 120 valence electrons. The molecular weight excluding hydrogens is 294 g/mol. The Morgan fingerprint density at radius 3 is 2.43 bits per heavy atom. The molecule has 7 nitrogen and oxygen atoms in total. The Kier molecular flexibility index (Phi) is 5.16. The minimum atomic E-state index is -3.95. The van der Waals surface area contributed by atoms with E-state index in [0.29, 0.717) is 12.4 Å². The van der Waals surface area contributed by atoms with Crippen LogP contribution < -0.4 is 0 Å². The van der Waals surface area contributed by atoms with Gasteiger partial charge in [0.05, 0.1) is 0 Å². The lowest BCUT2D eigenvalue weighted by atomic mass is 10.1. The summed E-state index contributed by atoms with van der Waals surface area (Å²) in [5.41, 5.74) is -0.848. The normalized spacial score (nSPS) is 12.9. The van der Waals surface area contributed by atoms with Gasteiger partial charge in [-0.25, -0.2) is 13.4 Å². The first-order valence-corrected chi connectivity index (χ1v) is 8.22. The highest BCUT2D eigenvalue weighted by molar-refractivity contribution is 7.89. The number of carboxylic acids is 1. The van der Waals surface area contributed by atoms with E-state index in [1.165, 1.54) is 6.20 Å². The lowest BCUT2D eigenvalue weighted by Crippen LogP contribution is -2.48. The lowest BCUT2D eigenvalue weighted by Gasteiger charge is -2.32. The molecule has 1 aromatic heterocycles. The number of imidazole rings is 1. The molecule has 0 unspecified atom stereocenters. The maximum Gasteiger partial charge on any atom is 0.318 e. The van der Waals surface area contributed by atoms with Gasteiger partial charge in [0, 0.05) is 18.3 Å². The minimum Gasteiger partial charge on any atom is -0.480 e. The Bertz CT molecular complexity index is 614. The van der Waals surface area contributed by atoms with Gasteiger partial charge in [0.15, 0.2) is 5.03 Å². The van der Waals surface area contributed by atoms with Crippen molar-refractivity contribution in [2.75, 3.05) is 6.54 Å². The predicted molar refractivity (Wildman–Crippen MR) is 78.5 cm³/mol. The Hall–Kier alpha value is -1.41. The third kappa shape index (κ3) is 4.04. The van der Waals surface area contributed by atoms with E-state index in [2.05, 4.69) is 4.98 Å². The van der Waals surface area contributed by atoms with E-state index in [9.17, 15) is 13.2 Å². The third-order valence-corrected chi connectivity index (χ3v) is 4.98. The minimum absolute atomic E-state index is 0.107. The quantitative estimate of drug-likeness (QED) is 0.858. The van der Waals surface area contributed by atoms with Crippen molar-refractivity contribution >= 4 is 16.0 Å². The number of carbonyl (C=O) groups is 1. The summed E-state index contributed by atoms with van der Waals surface area (Å²) in [5, 5.41) is 8.86. The number of aliphatic carboxylic acids is 1. The van der Waals surface area contributed by atoms with Crippen molar-refractivity contribution in [1.29, 1.82) is 0 Å². The van der Waals surface area contributed by atoms with Crippen molar-refractivity contribution in [1.82, 2.24) is 13.9 Å². The van der Waals surface area contributed by atoms with E-state index < -0.39 is 28.1 Å². The molecule has 0 bridgehead atoms. The summed E-state index contributed by atoms with van der Waals surface area (Å²) < 4.78 is 28.1. The average molecular weight is 317 g/mol. The van der Waals surface area contributed by atoms with Crippen LogP contribution in [0.3, 0.4) is 0 Å². The van der Waals surface area contributed by atoms with Crippen LogP contribution in [0, 0.1) is 6.92 Å². The zero-order valence-corrected chi connectivity index (χ0v) is 13.9. The highest BCUT2D eigenvalue weighted by atomic mass is 32.2. The monoisotopic (exact) mass is 317 g/mol. The predicted octanol–water partition coefficient (Wildman–Crippen LogP) is 1.48. The van der Waals surface area contributed by atoms with Gasteiger partial charge in [-0.2, -0.15) is 4.31 Å². The van der Waals surface area contributed by atoms with Gasteiger partial charge < -0.3 is 9.67 Å². The number of rotatable bonds is 6. The van der Waals surface area contributed by atoms with Crippen molar-refractivity contribution in [3.63, 3.8) is 0 Å². The molecule has 0 atom stereocenters. The highest BCUT2D eigenvalue weighted by Crippen LogP contribution is 2.23. The van der Waals surface area contributed by atoms with Crippen molar-refractivity contribution < 1.29 is 18.3 Å². The Morgan fingerprint density at radius 1 is 1.43 bits per heavy atom. The lowest BCUT2D eigenvalue weighted by molar-refractivity contribution is -0.138. The van der Waals surface area contributed by atoms with Crippen LogP contribution in [0.5, 0.6) is 0 Å². The van der Waals surface area contributed by atoms with Crippen LogP contribution in [0.15, 0.2) is 11.2 Å². The molecule has 0 aliphatic rings. The maximum atomic E-state index is 12.7. The zero-order chi connectivity index (χ0) is 16.4.